The zero-order valence-electron chi connectivity index (χ0n) is 10.7. The Morgan fingerprint density at radius 3 is 2.47 bits per heavy atom. The van der Waals surface area contributed by atoms with Crippen LogP contribution in [0.5, 0.6) is 0 Å². The Labute approximate surface area is 119 Å². The third kappa shape index (κ3) is 3.58. The first-order chi connectivity index (χ1) is 8.54. The average Bonchev–Trinajstić information content (AvgIpc) is 2.39. The van der Waals surface area contributed by atoms with Gasteiger partial charge in [0.15, 0.2) is 9.84 Å². The molecule has 108 valence electrons. The first kappa shape index (κ1) is 16.2. The van der Waals surface area contributed by atoms with Gasteiger partial charge in [-0.2, -0.15) is 0 Å². The van der Waals surface area contributed by atoms with Crippen LogP contribution >= 0.6 is 12.4 Å². The van der Waals surface area contributed by atoms with E-state index in [-0.39, 0.29) is 23.1 Å². The maximum Gasteiger partial charge on any atom is 0.178 e. The molecule has 0 aromatic heterocycles. The zero-order chi connectivity index (χ0) is 13.2. The van der Waals surface area contributed by atoms with Gasteiger partial charge < -0.3 is 10.2 Å². The first-order valence-corrected chi connectivity index (χ1v) is 7.68. The number of nitrogens with zero attached hydrogens (tertiary/aromatic N) is 1. The highest BCUT2D eigenvalue weighted by molar-refractivity contribution is 7.91. The molecule has 0 radical (unpaired) electrons. The van der Waals surface area contributed by atoms with Crippen molar-refractivity contribution in [2.45, 2.75) is 11.8 Å². The summed E-state index contributed by atoms with van der Waals surface area (Å²) in [5.74, 6) is -0.481. The van der Waals surface area contributed by atoms with Gasteiger partial charge in [-0.15, -0.1) is 12.4 Å². The lowest BCUT2D eigenvalue weighted by Gasteiger charge is -2.29. The monoisotopic (exact) mass is 308 g/mol. The van der Waals surface area contributed by atoms with E-state index in [9.17, 15) is 12.8 Å². The highest BCUT2D eigenvalue weighted by Crippen LogP contribution is 2.23. The van der Waals surface area contributed by atoms with E-state index in [4.69, 9.17) is 0 Å². The molecule has 1 heterocycles. The Balaban J connectivity index is 0.00000180. The van der Waals surface area contributed by atoms with E-state index in [0.29, 0.717) is 5.69 Å². The van der Waals surface area contributed by atoms with E-state index in [1.807, 2.05) is 4.90 Å². The van der Waals surface area contributed by atoms with Crippen LogP contribution in [0.3, 0.4) is 0 Å². The van der Waals surface area contributed by atoms with Gasteiger partial charge in [0, 0.05) is 26.2 Å². The molecule has 1 N–H and O–H groups in total. The van der Waals surface area contributed by atoms with Gasteiger partial charge in [0.25, 0.3) is 0 Å². The number of anilines is 1. The topological polar surface area (TPSA) is 49.4 Å². The van der Waals surface area contributed by atoms with Crippen molar-refractivity contribution in [3.63, 3.8) is 0 Å². The molecule has 0 unspecified atom stereocenters. The number of rotatable bonds is 3. The van der Waals surface area contributed by atoms with Crippen LogP contribution in [-0.4, -0.2) is 40.3 Å². The molecule has 1 aromatic rings. The molecule has 4 nitrogen and oxygen atoms in total. The fourth-order valence-electron chi connectivity index (χ4n) is 2.01. The number of nitrogens with one attached hydrogen (secondary N) is 1. The average molecular weight is 309 g/mol. The van der Waals surface area contributed by atoms with Crippen molar-refractivity contribution in [2.24, 2.45) is 0 Å². The van der Waals surface area contributed by atoms with Crippen LogP contribution in [0.2, 0.25) is 0 Å². The minimum absolute atomic E-state index is 0. The van der Waals surface area contributed by atoms with Crippen LogP contribution in [0.25, 0.3) is 0 Å². The Morgan fingerprint density at radius 1 is 1.32 bits per heavy atom. The van der Waals surface area contributed by atoms with E-state index in [1.54, 1.807) is 13.0 Å². The molecular formula is C12H18ClFN2O2S. The SMILES string of the molecule is CCS(=O)(=O)c1ccc(N2CCNCC2)c(F)c1.Cl. The smallest absolute Gasteiger partial charge is 0.178 e. The lowest BCUT2D eigenvalue weighted by molar-refractivity contribution is 0.563. The summed E-state index contributed by atoms with van der Waals surface area (Å²) >= 11 is 0. The van der Waals surface area contributed by atoms with Gasteiger partial charge in [-0.3, -0.25) is 0 Å². The molecule has 0 bridgehead atoms. The molecule has 0 saturated carbocycles. The van der Waals surface area contributed by atoms with Crippen molar-refractivity contribution >= 4 is 27.9 Å². The molecule has 1 saturated heterocycles. The van der Waals surface area contributed by atoms with E-state index in [2.05, 4.69) is 5.32 Å². The van der Waals surface area contributed by atoms with Gasteiger partial charge in [0.05, 0.1) is 16.3 Å². The highest BCUT2D eigenvalue weighted by atomic mass is 35.5. The quantitative estimate of drug-likeness (QED) is 0.918. The van der Waals surface area contributed by atoms with Crippen LogP contribution in [-0.2, 0) is 9.84 Å². The molecule has 1 aliphatic rings. The standard InChI is InChI=1S/C12H17FN2O2S.ClH/c1-2-18(16,17)10-3-4-12(11(13)9-10)15-7-5-14-6-8-15;/h3-4,9,14H,2,5-8H2,1H3;1H. The second kappa shape index (κ2) is 6.54. The predicted molar refractivity (Wildman–Crippen MR) is 76.5 cm³/mol. The number of halogens is 2. The molecule has 1 aliphatic heterocycles. The molecule has 2 rings (SSSR count). The van der Waals surface area contributed by atoms with E-state index >= 15 is 0 Å². The molecular weight excluding hydrogens is 291 g/mol. The normalized spacial score (nSPS) is 16.0. The predicted octanol–water partition coefficient (Wildman–Crippen LogP) is 1.45. The van der Waals surface area contributed by atoms with Crippen molar-refractivity contribution < 1.29 is 12.8 Å². The summed E-state index contributed by atoms with van der Waals surface area (Å²) in [6, 6.07) is 4.17. The number of hydrogen-bond acceptors (Lipinski definition) is 4. The Bertz CT molecular complexity index is 531. The number of benzene rings is 1. The van der Waals surface area contributed by atoms with Crippen molar-refractivity contribution in [3.05, 3.63) is 24.0 Å². The minimum Gasteiger partial charge on any atom is -0.367 e. The van der Waals surface area contributed by atoms with Gasteiger partial charge in [0.1, 0.15) is 5.82 Å². The molecule has 7 heteroatoms. The third-order valence-corrected chi connectivity index (χ3v) is 4.85. The maximum atomic E-state index is 14.0. The van der Waals surface area contributed by atoms with Gasteiger partial charge in [-0.1, -0.05) is 6.92 Å². The Morgan fingerprint density at radius 2 is 1.95 bits per heavy atom. The maximum absolute atomic E-state index is 14.0. The van der Waals surface area contributed by atoms with E-state index in [1.165, 1.54) is 6.07 Å². The van der Waals surface area contributed by atoms with Crippen molar-refractivity contribution in [1.29, 1.82) is 0 Å². The number of hydrogen-bond donors (Lipinski definition) is 1. The lowest BCUT2D eigenvalue weighted by Crippen LogP contribution is -2.43. The second-order valence-electron chi connectivity index (χ2n) is 4.25. The molecule has 0 amide bonds. The van der Waals surface area contributed by atoms with Crippen molar-refractivity contribution in [1.82, 2.24) is 5.32 Å². The zero-order valence-corrected chi connectivity index (χ0v) is 12.4. The van der Waals surface area contributed by atoms with Crippen LogP contribution in [0.4, 0.5) is 10.1 Å². The molecule has 0 spiro atoms. The third-order valence-electron chi connectivity index (χ3n) is 3.12. The molecule has 1 aromatic carbocycles. The molecule has 0 atom stereocenters. The number of sulfone groups is 1. The van der Waals surface area contributed by atoms with Crippen LogP contribution in [0.1, 0.15) is 6.92 Å². The van der Waals surface area contributed by atoms with E-state index < -0.39 is 15.7 Å². The summed E-state index contributed by atoms with van der Waals surface area (Å²) in [5.41, 5.74) is 0.478. The van der Waals surface area contributed by atoms with Crippen LogP contribution in [0, 0.1) is 5.82 Å². The van der Waals surface area contributed by atoms with Gasteiger partial charge >= 0.3 is 0 Å². The first-order valence-electron chi connectivity index (χ1n) is 6.02. The second-order valence-corrected chi connectivity index (χ2v) is 6.53. The highest BCUT2D eigenvalue weighted by Gasteiger charge is 2.18. The summed E-state index contributed by atoms with van der Waals surface area (Å²) in [6.07, 6.45) is 0. The van der Waals surface area contributed by atoms with E-state index in [0.717, 1.165) is 32.2 Å². The fourth-order valence-corrected chi connectivity index (χ4v) is 2.90. The van der Waals surface area contributed by atoms with Crippen molar-refractivity contribution in [2.75, 3.05) is 36.8 Å². The molecule has 1 fully saturated rings. The Kier molecular flexibility index (Phi) is 5.58. The number of piperazine rings is 1. The molecule has 19 heavy (non-hydrogen) atoms. The lowest BCUT2D eigenvalue weighted by atomic mass is 10.2. The van der Waals surface area contributed by atoms with Crippen LogP contribution in [0.15, 0.2) is 23.1 Å². The minimum atomic E-state index is -3.34. The summed E-state index contributed by atoms with van der Waals surface area (Å²) < 4.78 is 37.3. The molecule has 0 aliphatic carbocycles. The Hall–Kier alpha value is -0.850. The van der Waals surface area contributed by atoms with Gasteiger partial charge in [-0.05, 0) is 18.2 Å². The summed E-state index contributed by atoms with van der Waals surface area (Å²) in [6.45, 7) is 4.65. The van der Waals surface area contributed by atoms with Crippen molar-refractivity contribution in [3.8, 4) is 0 Å². The van der Waals surface area contributed by atoms with Crippen LogP contribution < -0.4 is 10.2 Å². The summed E-state index contributed by atoms with van der Waals surface area (Å²) in [4.78, 5) is 1.98. The fraction of sp³-hybridized carbons (Fsp3) is 0.500. The summed E-state index contributed by atoms with van der Waals surface area (Å²) in [5, 5.41) is 3.19. The van der Waals surface area contributed by atoms with Gasteiger partial charge in [-0.25, -0.2) is 12.8 Å². The van der Waals surface area contributed by atoms with Gasteiger partial charge in [0.2, 0.25) is 0 Å². The largest absolute Gasteiger partial charge is 0.367 e. The summed E-state index contributed by atoms with van der Waals surface area (Å²) in [7, 11) is -3.34.